The van der Waals surface area contributed by atoms with Gasteiger partial charge in [0.1, 0.15) is 17.5 Å². The topological polar surface area (TPSA) is 80.3 Å². The lowest BCUT2D eigenvalue weighted by molar-refractivity contribution is -0.0596. The molecule has 1 fully saturated rings. The van der Waals surface area contributed by atoms with Crippen molar-refractivity contribution in [2.75, 3.05) is 24.6 Å². The molecule has 1 atom stereocenters. The molecule has 0 radical (unpaired) electrons. The van der Waals surface area contributed by atoms with Crippen molar-refractivity contribution in [3.8, 4) is 6.07 Å². The third kappa shape index (κ3) is 2.22. The first-order chi connectivity index (χ1) is 12.5. The number of anilines is 1. The fourth-order valence-electron chi connectivity index (χ4n) is 4.23. The van der Waals surface area contributed by atoms with Crippen LogP contribution in [0.5, 0.6) is 0 Å². The highest BCUT2D eigenvalue weighted by atomic mass is 16.5. The second-order valence-electron chi connectivity index (χ2n) is 6.94. The molecule has 7 nitrogen and oxygen atoms in total. The standard InChI is InChI=1S/C19H20N4O3/c1-21-16(14(11-20)17(24)22(2)18(21)25)23-9-10-26-19(12-23)8-7-13-5-3-4-6-15(13)19/h3-6H,7-10,12H2,1-2H3. The van der Waals surface area contributed by atoms with Crippen molar-refractivity contribution in [2.24, 2.45) is 14.1 Å². The Hall–Kier alpha value is -2.85. The third-order valence-corrected chi connectivity index (χ3v) is 5.54. The maximum absolute atomic E-state index is 12.4. The highest BCUT2D eigenvalue weighted by molar-refractivity contribution is 5.55. The Balaban J connectivity index is 1.83. The Labute approximate surface area is 150 Å². The van der Waals surface area contributed by atoms with Crippen LogP contribution in [0.25, 0.3) is 0 Å². The lowest BCUT2D eigenvalue weighted by Crippen LogP contribution is -2.52. The van der Waals surface area contributed by atoms with Crippen molar-refractivity contribution in [1.82, 2.24) is 9.13 Å². The summed E-state index contributed by atoms with van der Waals surface area (Å²) in [6.07, 6.45) is 1.79. The van der Waals surface area contributed by atoms with Gasteiger partial charge in [-0.3, -0.25) is 13.9 Å². The lowest BCUT2D eigenvalue weighted by atomic mass is 9.93. The van der Waals surface area contributed by atoms with Crippen LogP contribution in [-0.4, -0.2) is 28.8 Å². The van der Waals surface area contributed by atoms with Crippen LogP contribution in [0.1, 0.15) is 23.1 Å². The molecule has 0 N–H and O–H groups in total. The van der Waals surface area contributed by atoms with E-state index in [1.165, 1.54) is 17.2 Å². The molecule has 1 unspecified atom stereocenters. The molecule has 2 heterocycles. The summed E-state index contributed by atoms with van der Waals surface area (Å²) in [5.74, 6) is 0.382. The van der Waals surface area contributed by atoms with Crippen molar-refractivity contribution in [3.05, 3.63) is 61.8 Å². The molecule has 0 amide bonds. The summed E-state index contributed by atoms with van der Waals surface area (Å²) in [6, 6.07) is 10.2. The summed E-state index contributed by atoms with van der Waals surface area (Å²) >= 11 is 0. The second kappa shape index (κ2) is 5.85. The summed E-state index contributed by atoms with van der Waals surface area (Å²) in [7, 11) is 2.99. The molecule has 0 bridgehead atoms. The highest BCUT2D eigenvalue weighted by Gasteiger charge is 2.44. The average Bonchev–Trinajstić information content (AvgIpc) is 3.01. The summed E-state index contributed by atoms with van der Waals surface area (Å²) < 4.78 is 8.57. The zero-order chi connectivity index (χ0) is 18.5. The number of morpholine rings is 1. The van der Waals surface area contributed by atoms with Gasteiger partial charge in [0.15, 0.2) is 5.56 Å². The van der Waals surface area contributed by atoms with Gasteiger partial charge in [0.05, 0.1) is 13.2 Å². The van der Waals surface area contributed by atoms with Gasteiger partial charge in [-0.1, -0.05) is 24.3 Å². The van der Waals surface area contributed by atoms with Gasteiger partial charge in [-0.25, -0.2) is 4.79 Å². The van der Waals surface area contributed by atoms with Crippen molar-refractivity contribution >= 4 is 5.82 Å². The van der Waals surface area contributed by atoms with Crippen LogP contribution < -0.4 is 16.1 Å². The summed E-state index contributed by atoms with van der Waals surface area (Å²) in [5, 5.41) is 9.55. The van der Waals surface area contributed by atoms with E-state index in [-0.39, 0.29) is 5.56 Å². The molecule has 7 heteroatoms. The molecule has 134 valence electrons. The first kappa shape index (κ1) is 16.6. The first-order valence-electron chi connectivity index (χ1n) is 8.66. The van der Waals surface area contributed by atoms with Crippen LogP contribution >= 0.6 is 0 Å². The van der Waals surface area contributed by atoms with Gasteiger partial charge in [-0.2, -0.15) is 5.26 Å². The Morgan fingerprint density at radius 1 is 1.19 bits per heavy atom. The molecule has 1 aromatic carbocycles. The largest absolute Gasteiger partial charge is 0.367 e. The summed E-state index contributed by atoms with van der Waals surface area (Å²) in [6.45, 7) is 1.51. The maximum atomic E-state index is 12.4. The highest BCUT2D eigenvalue weighted by Crippen LogP contribution is 2.42. The van der Waals surface area contributed by atoms with Gasteiger partial charge in [0.2, 0.25) is 0 Å². The lowest BCUT2D eigenvalue weighted by Gasteiger charge is -2.42. The van der Waals surface area contributed by atoms with Gasteiger partial charge in [0, 0.05) is 20.6 Å². The molecular weight excluding hydrogens is 332 g/mol. The van der Waals surface area contributed by atoms with Crippen LogP contribution in [0.3, 0.4) is 0 Å². The minimum absolute atomic E-state index is 0.00191. The minimum atomic E-state index is -0.557. The fraction of sp³-hybridized carbons (Fsp3) is 0.421. The smallest absolute Gasteiger partial charge is 0.332 e. The zero-order valence-corrected chi connectivity index (χ0v) is 14.9. The minimum Gasteiger partial charge on any atom is -0.367 e. The molecule has 2 aliphatic rings. The third-order valence-electron chi connectivity index (χ3n) is 5.54. The molecule has 1 aromatic heterocycles. The molecule has 26 heavy (non-hydrogen) atoms. The Bertz CT molecular complexity index is 1040. The van der Waals surface area contributed by atoms with E-state index in [9.17, 15) is 14.9 Å². The van der Waals surface area contributed by atoms with E-state index >= 15 is 0 Å². The molecule has 1 saturated heterocycles. The molecule has 1 aliphatic heterocycles. The van der Waals surface area contributed by atoms with E-state index < -0.39 is 16.9 Å². The van der Waals surface area contributed by atoms with E-state index in [1.807, 2.05) is 23.1 Å². The van der Waals surface area contributed by atoms with E-state index in [4.69, 9.17) is 4.74 Å². The SMILES string of the molecule is Cn1c(N2CCOC3(CCc4ccccc43)C2)c(C#N)c(=O)n(C)c1=O. The molecule has 2 aromatic rings. The Morgan fingerprint density at radius 3 is 2.73 bits per heavy atom. The van der Waals surface area contributed by atoms with Crippen LogP contribution in [0, 0.1) is 11.3 Å². The molecule has 1 spiro atoms. The van der Waals surface area contributed by atoms with Gasteiger partial charge in [-0.05, 0) is 24.0 Å². The number of aromatic nitrogens is 2. The predicted octanol–water partition coefficient (Wildman–Crippen LogP) is 0.634. The number of rotatable bonds is 1. The Morgan fingerprint density at radius 2 is 1.96 bits per heavy atom. The number of fused-ring (bicyclic) bond motifs is 2. The van der Waals surface area contributed by atoms with Crippen molar-refractivity contribution in [2.45, 2.75) is 18.4 Å². The number of benzene rings is 1. The fourth-order valence-corrected chi connectivity index (χ4v) is 4.23. The van der Waals surface area contributed by atoms with Crippen molar-refractivity contribution in [3.63, 3.8) is 0 Å². The maximum Gasteiger partial charge on any atom is 0.332 e. The second-order valence-corrected chi connectivity index (χ2v) is 6.94. The summed E-state index contributed by atoms with van der Waals surface area (Å²) in [4.78, 5) is 26.8. The predicted molar refractivity (Wildman–Crippen MR) is 96.2 cm³/mol. The van der Waals surface area contributed by atoms with E-state index in [0.717, 1.165) is 23.0 Å². The molecule has 4 rings (SSSR count). The molecule has 0 saturated carbocycles. The van der Waals surface area contributed by atoms with E-state index in [2.05, 4.69) is 12.1 Å². The van der Waals surface area contributed by atoms with Crippen LogP contribution in [0.4, 0.5) is 5.82 Å². The normalized spacial score (nSPS) is 21.7. The molecular formula is C19H20N4O3. The van der Waals surface area contributed by atoms with Gasteiger partial charge in [0.25, 0.3) is 5.56 Å². The van der Waals surface area contributed by atoms with Crippen LogP contribution in [0.15, 0.2) is 33.9 Å². The van der Waals surface area contributed by atoms with Crippen molar-refractivity contribution in [1.29, 1.82) is 5.26 Å². The van der Waals surface area contributed by atoms with Crippen LogP contribution in [-0.2, 0) is 30.9 Å². The van der Waals surface area contributed by atoms with Crippen molar-refractivity contribution < 1.29 is 4.74 Å². The average molecular weight is 352 g/mol. The van der Waals surface area contributed by atoms with Gasteiger partial charge in [-0.15, -0.1) is 0 Å². The first-order valence-corrected chi connectivity index (χ1v) is 8.66. The number of ether oxygens (including phenoxy) is 1. The monoisotopic (exact) mass is 352 g/mol. The number of nitrogens with zero attached hydrogens (tertiary/aromatic N) is 4. The number of nitriles is 1. The van der Waals surface area contributed by atoms with Gasteiger partial charge >= 0.3 is 5.69 Å². The quantitative estimate of drug-likeness (QED) is 0.752. The van der Waals surface area contributed by atoms with E-state index in [0.29, 0.717) is 25.5 Å². The number of aryl methyl sites for hydroxylation is 1. The summed E-state index contributed by atoms with van der Waals surface area (Å²) in [5.41, 5.74) is 0.982. The number of hydrogen-bond acceptors (Lipinski definition) is 5. The van der Waals surface area contributed by atoms with E-state index in [1.54, 1.807) is 7.05 Å². The Kier molecular flexibility index (Phi) is 3.74. The van der Waals surface area contributed by atoms with Crippen LogP contribution in [0.2, 0.25) is 0 Å². The molecule has 1 aliphatic carbocycles. The zero-order valence-electron chi connectivity index (χ0n) is 14.9. The number of hydrogen-bond donors (Lipinski definition) is 0. The van der Waals surface area contributed by atoms with Gasteiger partial charge < -0.3 is 9.64 Å².